The van der Waals surface area contributed by atoms with Gasteiger partial charge in [-0.1, -0.05) is 0 Å². The first-order valence-electron chi connectivity index (χ1n) is 7.69. The van der Waals surface area contributed by atoms with E-state index in [0.29, 0.717) is 25.7 Å². The molecule has 1 saturated carbocycles. The average molecular weight is 355 g/mol. The lowest BCUT2D eigenvalue weighted by atomic mass is 9.86. The van der Waals surface area contributed by atoms with Crippen LogP contribution in [0, 0.1) is 5.92 Å². The zero-order chi connectivity index (χ0) is 17.7. The summed E-state index contributed by atoms with van der Waals surface area (Å²) in [6.07, 6.45) is 4.91. The fourth-order valence-corrected chi connectivity index (χ4v) is 3.82. The lowest BCUT2D eigenvalue weighted by Gasteiger charge is -2.27. The van der Waals surface area contributed by atoms with Crippen molar-refractivity contribution >= 4 is 21.9 Å². The molecule has 0 atom stereocenters. The van der Waals surface area contributed by atoms with Crippen LogP contribution in [0.25, 0.3) is 0 Å². The van der Waals surface area contributed by atoms with E-state index >= 15 is 0 Å². The Bertz CT molecular complexity index is 684. The van der Waals surface area contributed by atoms with Gasteiger partial charge in [-0.15, -0.1) is 0 Å². The van der Waals surface area contributed by atoms with Crippen LogP contribution in [0.4, 0.5) is 0 Å². The molecule has 2 rings (SSSR count). The number of aromatic nitrogens is 1. The number of likely N-dealkylation sites (N-methyl/N-ethyl adjacent to an activating group) is 1. The lowest BCUT2D eigenvalue weighted by molar-refractivity contribution is -0.142. The van der Waals surface area contributed by atoms with Gasteiger partial charge in [-0.2, -0.15) is 4.31 Å². The number of aliphatic carboxylic acids is 1. The minimum Gasteiger partial charge on any atom is -0.481 e. The molecule has 1 aliphatic carbocycles. The maximum atomic E-state index is 12.3. The minimum atomic E-state index is -3.76. The molecule has 0 saturated heterocycles. The van der Waals surface area contributed by atoms with E-state index in [1.54, 1.807) is 0 Å². The summed E-state index contributed by atoms with van der Waals surface area (Å²) >= 11 is 0. The molecule has 1 amide bonds. The molecule has 8 nitrogen and oxygen atoms in total. The van der Waals surface area contributed by atoms with E-state index in [0.717, 1.165) is 4.31 Å². The first-order chi connectivity index (χ1) is 11.3. The zero-order valence-corrected chi connectivity index (χ0v) is 14.2. The quantitative estimate of drug-likeness (QED) is 0.766. The summed E-state index contributed by atoms with van der Waals surface area (Å²) in [7, 11) is -2.43. The van der Waals surface area contributed by atoms with Gasteiger partial charge < -0.3 is 10.4 Å². The van der Waals surface area contributed by atoms with Crippen LogP contribution in [0.5, 0.6) is 0 Å². The SMILES string of the molecule is CN(CC(=O)NC1CCC(C(=O)O)CC1)S(=O)(=O)c1cccnc1. The molecule has 1 aliphatic rings. The zero-order valence-electron chi connectivity index (χ0n) is 13.4. The van der Waals surface area contributed by atoms with Crippen molar-refractivity contribution in [3.05, 3.63) is 24.5 Å². The molecular formula is C15H21N3O5S. The topological polar surface area (TPSA) is 117 Å². The number of nitrogens with one attached hydrogen (secondary N) is 1. The molecule has 0 radical (unpaired) electrons. The Balaban J connectivity index is 1.87. The predicted molar refractivity (Wildman–Crippen MR) is 85.6 cm³/mol. The molecule has 1 fully saturated rings. The molecular weight excluding hydrogens is 334 g/mol. The third-order valence-corrected chi connectivity index (χ3v) is 5.94. The number of carboxylic acid groups (broad SMARTS) is 1. The summed E-state index contributed by atoms with van der Waals surface area (Å²) in [5.41, 5.74) is 0. The molecule has 1 aromatic rings. The van der Waals surface area contributed by atoms with E-state index < -0.39 is 21.9 Å². The molecule has 0 aliphatic heterocycles. The number of pyridine rings is 1. The highest BCUT2D eigenvalue weighted by Crippen LogP contribution is 2.24. The second-order valence-corrected chi connectivity index (χ2v) is 7.95. The third kappa shape index (κ3) is 4.51. The van der Waals surface area contributed by atoms with Gasteiger partial charge >= 0.3 is 5.97 Å². The Labute approximate surface area is 140 Å². The third-order valence-electron chi connectivity index (χ3n) is 4.15. The Hall–Kier alpha value is -2.00. The summed E-state index contributed by atoms with van der Waals surface area (Å²) in [6.45, 7) is -0.296. The van der Waals surface area contributed by atoms with Crippen LogP contribution < -0.4 is 5.32 Å². The smallest absolute Gasteiger partial charge is 0.306 e. The Morgan fingerprint density at radius 2 is 2.00 bits per heavy atom. The number of carboxylic acids is 1. The first-order valence-corrected chi connectivity index (χ1v) is 9.13. The standard InChI is InChI=1S/C15H21N3O5S/c1-18(24(22,23)13-3-2-8-16-9-13)10-14(19)17-12-6-4-11(5-7-12)15(20)21/h2-3,8-9,11-12H,4-7,10H2,1H3,(H,17,19)(H,20,21). The highest BCUT2D eigenvalue weighted by atomic mass is 32.2. The van der Waals surface area contributed by atoms with E-state index in [9.17, 15) is 18.0 Å². The number of amides is 1. The van der Waals surface area contributed by atoms with Crippen LogP contribution in [0.1, 0.15) is 25.7 Å². The van der Waals surface area contributed by atoms with E-state index in [-0.39, 0.29) is 23.4 Å². The van der Waals surface area contributed by atoms with Gasteiger partial charge in [-0.3, -0.25) is 14.6 Å². The lowest BCUT2D eigenvalue weighted by Crippen LogP contribution is -2.44. The van der Waals surface area contributed by atoms with Gasteiger partial charge in [-0.25, -0.2) is 8.42 Å². The maximum Gasteiger partial charge on any atom is 0.306 e. The molecule has 1 heterocycles. The maximum absolute atomic E-state index is 12.3. The van der Waals surface area contributed by atoms with Crippen molar-refractivity contribution in [2.24, 2.45) is 5.92 Å². The van der Waals surface area contributed by atoms with Crippen molar-refractivity contribution in [3.8, 4) is 0 Å². The second kappa shape index (κ2) is 7.71. The van der Waals surface area contributed by atoms with Crippen LogP contribution in [-0.4, -0.2) is 54.3 Å². The predicted octanol–water partition coefficient (Wildman–Crippen LogP) is 0.462. The largest absolute Gasteiger partial charge is 0.481 e. The fourth-order valence-electron chi connectivity index (χ4n) is 2.72. The minimum absolute atomic E-state index is 0.0299. The number of carbonyl (C=O) groups excluding carboxylic acids is 1. The fraction of sp³-hybridized carbons (Fsp3) is 0.533. The number of hydrogen-bond donors (Lipinski definition) is 2. The molecule has 0 aromatic carbocycles. The van der Waals surface area contributed by atoms with Crippen molar-refractivity contribution < 1.29 is 23.1 Å². The number of rotatable bonds is 6. The highest BCUT2D eigenvalue weighted by molar-refractivity contribution is 7.89. The summed E-state index contributed by atoms with van der Waals surface area (Å²) in [6, 6.07) is 2.83. The summed E-state index contributed by atoms with van der Waals surface area (Å²) in [5.74, 6) is -1.56. The summed E-state index contributed by atoms with van der Waals surface area (Å²) in [5, 5.41) is 11.7. The van der Waals surface area contributed by atoms with Crippen molar-refractivity contribution in [1.82, 2.24) is 14.6 Å². The average Bonchev–Trinajstić information content (AvgIpc) is 2.56. The van der Waals surface area contributed by atoms with Crippen molar-refractivity contribution in [1.29, 1.82) is 0 Å². The molecule has 24 heavy (non-hydrogen) atoms. The first kappa shape index (κ1) is 18.3. The van der Waals surface area contributed by atoms with Gasteiger partial charge in [0, 0.05) is 25.5 Å². The Morgan fingerprint density at radius 1 is 1.33 bits per heavy atom. The van der Waals surface area contributed by atoms with E-state index in [2.05, 4.69) is 10.3 Å². The van der Waals surface area contributed by atoms with Crippen LogP contribution >= 0.6 is 0 Å². The van der Waals surface area contributed by atoms with Crippen molar-refractivity contribution in [3.63, 3.8) is 0 Å². The van der Waals surface area contributed by atoms with Crippen LogP contribution in [0.3, 0.4) is 0 Å². The van der Waals surface area contributed by atoms with Gasteiger partial charge in [0.2, 0.25) is 15.9 Å². The van der Waals surface area contributed by atoms with Gasteiger partial charge in [0.15, 0.2) is 0 Å². The van der Waals surface area contributed by atoms with Crippen LogP contribution in [0.2, 0.25) is 0 Å². The number of nitrogens with zero attached hydrogens (tertiary/aromatic N) is 2. The molecule has 9 heteroatoms. The molecule has 0 bridgehead atoms. The van der Waals surface area contributed by atoms with Crippen LogP contribution in [0.15, 0.2) is 29.4 Å². The van der Waals surface area contributed by atoms with Gasteiger partial charge in [0.05, 0.1) is 12.5 Å². The molecule has 0 unspecified atom stereocenters. The monoisotopic (exact) mass is 355 g/mol. The Kier molecular flexibility index (Phi) is 5.89. The van der Waals surface area contributed by atoms with Gasteiger partial charge in [0.25, 0.3) is 0 Å². The number of carbonyl (C=O) groups is 2. The second-order valence-electron chi connectivity index (χ2n) is 5.90. The van der Waals surface area contributed by atoms with Gasteiger partial charge in [-0.05, 0) is 37.8 Å². The Morgan fingerprint density at radius 3 is 2.54 bits per heavy atom. The number of sulfonamides is 1. The molecule has 1 aromatic heterocycles. The highest BCUT2D eigenvalue weighted by Gasteiger charge is 2.28. The van der Waals surface area contributed by atoms with E-state index in [1.807, 2.05) is 0 Å². The van der Waals surface area contributed by atoms with E-state index in [4.69, 9.17) is 5.11 Å². The molecule has 132 valence electrons. The van der Waals surface area contributed by atoms with Gasteiger partial charge in [0.1, 0.15) is 4.90 Å². The normalized spacial score (nSPS) is 21.4. The van der Waals surface area contributed by atoms with Crippen molar-refractivity contribution in [2.45, 2.75) is 36.6 Å². The van der Waals surface area contributed by atoms with Crippen LogP contribution in [-0.2, 0) is 19.6 Å². The summed E-state index contributed by atoms with van der Waals surface area (Å²) in [4.78, 5) is 26.8. The molecule has 2 N–H and O–H groups in total. The number of hydrogen-bond acceptors (Lipinski definition) is 5. The summed E-state index contributed by atoms with van der Waals surface area (Å²) < 4.78 is 25.6. The van der Waals surface area contributed by atoms with Crippen molar-refractivity contribution in [2.75, 3.05) is 13.6 Å². The van der Waals surface area contributed by atoms with E-state index in [1.165, 1.54) is 31.6 Å². The molecule has 0 spiro atoms.